The van der Waals surface area contributed by atoms with Crippen LogP contribution in [-0.2, 0) is 4.79 Å². The molecule has 0 saturated carbocycles. The number of nitro benzene ring substituents is 1. The van der Waals surface area contributed by atoms with Crippen molar-refractivity contribution in [3.8, 4) is 11.3 Å². The molecule has 2 N–H and O–H groups in total. The number of aryl methyl sites for hydroxylation is 1. The third kappa shape index (κ3) is 4.96. The summed E-state index contributed by atoms with van der Waals surface area (Å²) >= 11 is 0. The number of furan rings is 1. The van der Waals surface area contributed by atoms with E-state index in [0.717, 1.165) is 5.56 Å². The highest BCUT2D eigenvalue weighted by molar-refractivity contribution is 5.96. The minimum absolute atomic E-state index is 0.0287. The number of nitrogens with zero attached hydrogens (tertiary/aromatic N) is 2. The summed E-state index contributed by atoms with van der Waals surface area (Å²) in [5.41, 5.74) is 4.74. The van der Waals surface area contributed by atoms with Crippen molar-refractivity contribution in [2.24, 2.45) is 5.10 Å². The van der Waals surface area contributed by atoms with Gasteiger partial charge in [-0.3, -0.25) is 19.7 Å². The Morgan fingerprint density at radius 3 is 2.50 bits per heavy atom. The van der Waals surface area contributed by atoms with Crippen LogP contribution in [0.4, 0.5) is 11.4 Å². The smallest absolute Gasteiger partial charge is 0.271 e. The number of hydrogen-bond donors (Lipinski definition) is 2. The lowest BCUT2D eigenvalue weighted by Crippen LogP contribution is -2.17. The second-order valence-corrected chi connectivity index (χ2v) is 6.42. The minimum Gasteiger partial charge on any atom is -0.455 e. The van der Waals surface area contributed by atoms with Gasteiger partial charge in [0.2, 0.25) is 5.91 Å². The monoisotopic (exact) mass is 406 g/mol. The average Bonchev–Trinajstić information content (AvgIpc) is 3.16. The van der Waals surface area contributed by atoms with Crippen molar-refractivity contribution >= 4 is 29.4 Å². The van der Waals surface area contributed by atoms with E-state index in [2.05, 4.69) is 15.8 Å². The number of benzene rings is 2. The van der Waals surface area contributed by atoms with Crippen LogP contribution < -0.4 is 10.7 Å². The lowest BCUT2D eigenvalue weighted by atomic mass is 10.1. The fourth-order valence-electron chi connectivity index (χ4n) is 2.68. The van der Waals surface area contributed by atoms with E-state index in [1.165, 1.54) is 25.3 Å². The van der Waals surface area contributed by atoms with E-state index in [4.69, 9.17) is 4.42 Å². The largest absolute Gasteiger partial charge is 0.455 e. The van der Waals surface area contributed by atoms with Crippen molar-refractivity contribution in [2.75, 3.05) is 5.32 Å². The van der Waals surface area contributed by atoms with Gasteiger partial charge in [0.05, 0.1) is 11.1 Å². The third-order valence-electron chi connectivity index (χ3n) is 4.15. The molecule has 30 heavy (non-hydrogen) atoms. The van der Waals surface area contributed by atoms with Crippen LogP contribution in [0.2, 0.25) is 0 Å². The summed E-state index contributed by atoms with van der Waals surface area (Å²) in [6, 6.07) is 14.2. The maximum Gasteiger partial charge on any atom is 0.271 e. The number of amides is 2. The van der Waals surface area contributed by atoms with Gasteiger partial charge < -0.3 is 9.73 Å². The Morgan fingerprint density at radius 1 is 1.10 bits per heavy atom. The van der Waals surface area contributed by atoms with Gasteiger partial charge >= 0.3 is 0 Å². The van der Waals surface area contributed by atoms with Gasteiger partial charge in [0.1, 0.15) is 11.5 Å². The van der Waals surface area contributed by atoms with Crippen molar-refractivity contribution in [1.29, 1.82) is 0 Å². The number of non-ortho nitro benzene ring substituents is 1. The van der Waals surface area contributed by atoms with E-state index >= 15 is 0 Å². The van der Waals surface area contributed by atoms with Crippen LogP contribution in [0.5, 0.6) is 0 Å². The highest BCUT2D eigenvalue weighted by atomic mass is 16.6. The zero-order valence-corrected chi connectivity index (χ0v) is 16.2. The summed E-state index contributed by atoms with van der Waals surface area (Å²) in [5, 5.41) is 17.5. The van der Waals surface area contributed by atoms with Crippen LogP contribution in [0, 0.1) is 17.0 Å². The molecular weight excluding hydrogens is 388 g/mol. The van der Waals surface area contributed by atoms with Crippen molar-refractivity contribution in [2.45, 2.75) is 13.8 Å². The van der Waals surface area contributed by atoms with Crippen LogP contribution in [0.1, 0.15) is 28.6 Å². The van der Waals surface area contributed by atoms with Crippen LogP contribution in [-0.4, -0.2) is 23.0 Å². The Hall–Kier alpha value is -4.27. The third-order valence-corrected chi connectivity index (χ3v) is 4.15. The fraction of sp³-hybridized carbons (Fsp3) is 0.0952. The van der Waals surface area contributed by atoms with Gasteiger partial charge in [-0.2, -0.15) is 5.10 Å². The highest BCUT2D eigenvalue weighted by Crippen LogP contribution is 2.28. The quantitative estimate of drug-likeness (QED) is 0.365. The molecule has 3 aromatic rings. The summed E-state index contributed by atoms with van der Waals surface area (Å²) < 4.78 is 5.66. The topological polar surface area (TPSA) is 127 Å². The molecule has 3 rings (SSSR count). The standard InChI is InChI=1S/C21H18N4O5/c1-13-3-8-17(25(28)29)11-19(13)20-10-9-18(30-20)12-22-24-21(27)15-4-6-16(7-5-15)23-14(2)26/h3-12H,1-2H3,(H,23,26)(H,24,27). The van der Waals surface area contributed by atoms with Crippen LogP contribution in [0.3, 0.4) is 0 Å². The summed E-state index contributed by atoms with van der Waals surface area (Å²) in [6.45, 7) is 3.22. The first-order valence-electron chi connectivity index (χ1n) is 8.90. The molecule has 0 saturated heterocycles. The molecule has 0 fully saturated rings. The second kappa shape index (κ2) is 8.82. The molecule has 0 aliphatic rings. The average molecular weight is 406 g/mol. The van der Waals surface area contributed by atoms with Crippen LogP contribution in [0.25, 0.3) is 11.3 Å². The van der Waals surface area contributed by atoms with E-state index in [-0.39, 0.29) is 11.6 Å². The number of hydrazone groups is 1. The molecule has 2 amide bonds. The molecule has 0 aliphatic carbocycles. The van der Waals surface area contributed by atoms with E-state index in [0.29, 0.717) is 28.3 Å². The fourth-order valence-corrected chi connectivity index (χ4v) is 2.68. The normalized spacial score (nSPS) is 10.7. The minimum atomic E-state index is -0.466. The number of nitro groups is 1. The molecule has 9 nitrogen and oxygen atoms in total. The summed E-state index contributed by atoms with van der Waals surface area (Å²) in [5.74, 6) is 0.201. The Balaban J connectivity index is 1.66. The maximum absolute atomic E-state index is 12.1. The highest BCUT2D eigenvalue weighted by Gasteiger charge is 2.13. The molecule has 1 aromatic heterocycles. The Morgan fingerprint density at radius 2 is 1.83 bits per heavy atom. The first-order valence-corrected chi connectivity index (χ1v) is 8.90. The zero-order valence-electron chi connectivity index (χ0n) is 16.2. The van der Waals surface area contributed by atoms with Crippen molar-refractivity contribution < 1.29 is 18.9 Å². The molecule has 152 valence electrons. The number of hydrogen-bond acceptors (Lipinski definition) is 6. The number of carbonyl (C=O) groups is 2. The lowest BCUT2D eigenvalue weighted by molar-refractivity contribution is -0.384. The van der Waals surface area contributed by atoms with Gasteiger partial charge in [-0.15, -0.1) is 0 Å². The molecule has 0 bridgehead atoms. The van der Waals surface area contributed by atoms with Gasteiger partial charge in [0.15, 0.2) is 0 Å². The molecule has 0 spiro atoms. The molecule has 0 radical (unpaired) electrons. The van der Waals surface area contributed by atoms with Crippen molar-refractivity contribution in [3.05, 3.63) is 81.6 Å². The maximum atomic E-state index is 12.1. The molecule has 0 unspecified atom stereocenters. The van der Waals surface area contributed by atoms with Crippen molar-refractivity contribution in [3.63, 3.8) is 0 Å². The van der Waals surface area contributed by atoms with E-state index < -0.39 is 10.8 Å². The Kier molecular flexibility index (Phi) is 6.02. The van der Waals surface area contributed by atoms with Gasteiger partial charge in [0, 0.05) is 35.9 Å². The summed E-state index contributed by atoms with van der Waals surface area (Å²) in [7, 11) is 0. The summed E-state index contributed by atoms with van der Waals surface area (Å²) in [6.07, 6.45) is 1.33. The van der Waals surface area contributed by atoms with Crippen LogP contribution in [0.15, 0.2) is 64.1 Å². The second-order valence-electron chi connectivity index (χ2n) is 6.42. The van der Waals surface area contributed by atoms with E-state index in [9.17, 15) is 19.7 Å². The van der Waals surface area contributed by atoms with E-state index in [1.807, 2.05) is 6.92 Å². The van der Waals surface area contributed by atoms with Gasteiger partial charge in [-0.05, 0) is 48.9 Å². The number of nitrogens with one attached hydrogen (secondary N) is 2. The summed E-state index contributed by atoms with van der Waals surface area (Å²) in [4.78, 5) is 33.7. The first-order chi connectivity index (χ1) is 14.3. The molecule has 0 atom stereocenters. The SMILES string of the molecule is CC(=O)Nc1ccc(C(=O)NN=Cc2ccc(-c3cc([N+](=O)[O-])ccc3C)o2)cc1. The number of rotatable bonds is 6. The first kappa shape index (κ1) is 20.5. The molecule has 2 aromatic carbocycles. The van der Waals surface area contributed by atoms with Crippen LogP contribution >= 0.6 is 0 Å². The van der Waals surface area contributed by atoms with E-state index in [1.54, 1.807) is 42.5 Å². The van der Waals surface area contributed by atoms with Crippen molar-refractivity contribution in [1.82, 2.24) is 5.43 Å². The Labute approximate surface area is 171 Å². The number of carbonyl (C=O) groups excluding carboxylic acids is 2. The predicted molar refractivity (Wildman–Crippen MR) is 111 cm³/mol. The Bertz CT molecular complexity index is 1130. The lowest BCUT2D eigenvalue weighted by Gasteiger charge is -2.03. The predicted octanol–water partition coefficient (Wildman–Crippen LogP) is 3.89. The molecule has 1 heterocycles. The number of anilines is 1. The molecule has 9 heteroatoms. The molecular formula is C21H18N4O5. The van der Waals surface area contributed by atoms with Gasteiger partial charge in [0.25, 0.3) is 11.6 Å². The van der Waals surface area contributed by atoms with Gasteiger partial charge in [-0.1, -0.05) is 6.07 Å². The molecule has 0 aliphatic heterocycles. The zero-order chi connectivity index (χ0) is 21.7. The van der Waals surface area contributed by atoms with Gasteiger partial charge in [-0.25, -0.2) is 5.43 Å².